The van der Waals surface area contributed by atoms with Gasteiger partial charge in [0.25, 0.3) is 5.91 Å². The van der Waals surface area contributed by atoms with Gasteiger partial charge < -0.3 is 15.0 Å². The molecule has 0 fully saturated rings. The Labute approximate surface area is 224 Å². The van der Waals surface area contributed by atoms with Crippen molar-refractivity contribution < 1.29 is 36.7 Å². The zero-order valence-corrected chi connectivity index (χ0v) is 22.0. The van der Waals surface area contributed by atoms with E-state index in [9.17, 15) is 31.9 Å². The Morgan fingerprint density at radius 3 is 2.15 bits per heavy atom. The molecule has 6 nitrogen and oxygen atoms in total. The standard InChI is InChI=1S/C29H30F4N2O4/c1-27(2)16-22-25(23(36)17-27)28(29(31,32)33,26(38)35(22)15-14-19-4-9-20(30)10-5-19)34-24(37)13-8-18-6-11-21(39-3)12-7-18/h4-7,9-12H,8,13-17H2,1-3H3,(H,34,37)/t28-/m1/s1. The summed E-state index contributed by atoms with van der Waals surface area (Å²) in [5.74, 6) is -3.08. The number of halogens is 4. The van der Waals surface area contributed by atoms with Crippen LogP contribution in [-0.2, 0) is 27.2 Å². The molecule has 0 saturated carbocycles. The molecular formula is C29H30F4N2O4. The van der Waals surface area contributed by atoms with Crippen molar-refractivity contribution in [2.24, 2.45) is 5.41 Å². The topological polar surface area (TPSA) is 75.7 Å². The van der Waals surface area contributed by atoms with Gasteiger partial charge in [0, 0.05) is 25.1 Å². The number of Topliss-reactive ketones (excluding diaryl/α,β-unsaturated/α-hetero) is 1. The summed E-state index contributed by atoms with van der Waals surface area (Å²) in [5.41, 5.74) is -3.55. The van der Waals surface area contributed by atoms with Gasteiger partial charge in [0.05, 0.1) is 12.7 Å². The molecule has 0 saturated heterocycles. The number of nitrogens with zero attached hydrogens (tertiary/aromatic N) is 1. The number of ketones is 1. The fourth-order valence-corrected chi connectivity index (χ4v) is 5.28. The van der Waals surface area contributed by atoms with Gasteiger partial charge in [-0.1, -0.05) is 38.1 Å². The number of hydrogen-bond donors (Lipinski definition) is 1. The molecule has 1 aliphatic heterocycles. The molecule has 4 rings (SSSR count). The minimum absolute atomic E-state index is 0.0175. The van der Waals surface area contributed by atoms with Crippen LogP contribution in [0.1, 0.15) is 44.2 Å². The van der Waals surface area contributed by atoms with Gasteiger partial charge in [0.1, 0.15) is 11.6 Å². The number of rotatable bonds is 8. The number of carbonyl (C=O) groups is 3. The average molecular weight is 547 g/mol. The lowest BCUT2D eigenvalue weighted by molar-refractivity contribution is -0.194. The highest BCUT2D eigenvalue weighted by Crippen LogP contribution is 2.51. The van der Waals surface area contributed by atoms with Crippen LogP contribution in [0.2, 0.25) is 0 Å². The van der Waals surface area contributed by atoms with Crippen molar-refractivity contribution in [2.75, 3.05) is 13.7 Å². The molecule has 2 aromatic carbocycles. The van der Waals surface area contributed by atoms with E-state index in [2.05, 4.69) is 0 Å². The lowest BCUT2D eigenvalue weighted by Crippen LogP contribution is -2.66. The van der Waals surface area contributed by atoms with Crippen LogP contribution in [0.15, 0.2) is 59.8 Å². The van der Waals surface area contributed by atoms with Gasteiger partial charge in [0.2, 0.25) is 11.4 Å². The summed E-state index contributed by atoms with van der Waals surface area (Å²) in [5, 5.41) is 1.96. The van der Waals surface area contributed by atoms with Crippen molar-refractivity contribution in [1.82, 2.24) is 10.2 Å². The number of hydrogen-bond acceptors (Lipinski definition) is 4. The smallest absolute Gasteiger partial charge is 0.425 e. The summed E-state index contributed by atoms with van der Waals surface area (Å²) in [4.78, 5) is 40.8. The second-order valence-electron chi connectivity index (χ2n) is 10.7. The van der Waals surface area contributed by atoms with Crippen molar-refractivity contribution in [3.8, 4) is 5.75 Å². The normalized spacial score (nSPS) is 20.7. The van der Waals surface area contributed by atoms with Crippen molar-refractivity contribution in [3.05, 3.63) is 76.7 Å². The molecule has 2 amide bonds. The Morgan fingerprint density at radius 1 is 0.974 bits per heavy atom. The van der Waals surface area contributed by atoms with Crippen molar-refractivity contribution in [1.29, 1.82) is 0 Å². The van der Waals surface area contributed by atoms with Gasteiger partial charge >= 0.3 is 6.18 Å². The fraction of sp³-hybridized carbons (Fsp3) is 0.414. The molecule has 2 aromatic rings. The molecule has 1 atom stereocenters. The second kappa shape index (κ2) is 10.5. The molecule has 1 aliphatic carbocycles. The molecule has 0 unspecified atom stereocenters. The Morgan fingerprint density at radius 2 is 1.56 bits per heavy atom. The largest absolute Gasteiger partial charge is 0.497 e. The summed E-state index contributed by atoms with van der Waals surface area (Å²) in [6.07, 6.45) is -5.46. The van der Waals surface area contributed by atoms with Gasteiger partial charge in [-0.05, 0) is 60.1 Å². The molecule has 208 valence electrons. The maximum Gasteiger partial charge on any atom is 0.425 e. The Kier molecular flexibility index (Phi) is 7.60. The lowest BCUT2D eigenvalue weighted by Gasteiger charge is -2.35. The Hall–Kier alpha value is -3.69. The quantitative estimate of drug-likeness (QED) is 0.478. The van der Waals surface area contributed by atoms with Crippen LogP contribution in [0.5, 0.6) is 5.75 Å². The minimum atomic E-state index is -5.26. The highest BCUT2D eigenvalue weighted by Gasteiger charge is 2.71. The van der Waals surface area contributed by atoms with E-state index in [1.807, 2.05) is 5.32 Å². The summed E-state index contributed by atoms with van der Waals surface area (Å²) in [6, 6.07) is 12.1. The summed E-state index contributed by atoms with van der Waals surface area (Å²) < 4.78 is 63.1. The first kappa shape index (κ1) is 28.3. The van der Waals surface area contributed by atoms with Crippen LogP contribution in [0.25, 0.3) is 0 Å². The SMILES string of the molecule is COc1ccc(CCC(=O)N[C@@]2(C(F)(F)F)C(=O)N(CCc3ccc(F)cc3)C3=C2C(=O)CC(C)(C)C3)cc1. The Bertz CT molecular complexity index is 1300. The molecule has 2 aliphatic rings. The van der Waals surface area contributed by atoms with Crippen LogP contribution in [0.4, 0.5) is 17.6 Å². The van der Waals surface area contributed by atoms with E-state index in [4.69, 9.17) is 4.74 Å². The number of amides is 2. The lowest BCUT2D eigenvalue weighted by atomic mass is 9.72. The monoisotopic (exact) mass is 546 g/mol. The number of nitrogens with one attached hydrogen (secondary N) is 1. The van der Waals surface area contributed by atoms with Gasteiger partial charge in [-0.2, -0.15) is 13.2 Å². The van der Waals surface area contributed by atoms with Crippen LogP contribution >= 0.6 is 0 Å². The van der Waals surface area contributed by atoms with E-state index in [1.165, 1.54) is 31.4 Å². The van der Waals surface area contributed by atoms with E-state index in [-0.39, 0.29) is 44.3 Å². The predicted molar refractivity (Wildman–Crippen MR) is 135 cm³/mol. The van der Waals surface area contributed by atoms with Crippen LogP contribution in [-0.4, -0.2) is 47.9 Å². The van der Waals surface area contributed by atoms with E-state index in [1.54, 1.807) is 38.1 Å². The summed E-state index contributed by atoms with van der Waals surface area (Å²) >= 11 is 0. The molecule has 1 N–H and O–H groups in total. The molecular weight excluding hydrogens is 516 g/mol. The number of carbonyl (C=O) groups excluding carboxylic acids is 3. The van der Waals surface area contributed by atoms with Crippen molar-refractivity contribution >= 4 is 17.6 Å². The van der Waals surface area contributed by atoms with Gasteiger partial charge in [0.15, 0.2) is 5.78 Å². The average Bonchev–Trinajstić information content (AvgIpc) is 3.09. The number of aryl methyl sites for hydroxylation is 1. The maximum atomic E-state index is 14.9. The Balaban J connectivity index is 1.66. The van der Waals surface area contributed by atoms with E-state index >= 15 is 0 Å². The molecule has 0 radical (unpaired) electrons. The molecule has 10 heteroatoms. The second-order valence-corrected chi connectivity index (χ2v) is 10.7. The van der Waals surface area contributed by atoms with E-state index in [0.29, 0.717) is 16.9 Å². The molecule has 0 aromatic heterocycles. The van der Waals surface area contributed by atoms with Crippen molar-refractivity contribution in [2.45, 2.75) is 57.7 Å². The number of methoxy groups -OCH3 is 1. The maximum absolute atomic E-state index is 14.9. The van der Waals surface area contributed by atoms with E-state index in [0.717, 1.165) is 4.90 Å². The van der Waals surface area contributed by atoms with Gasteiger partial charge in [-0.15, -0.1) is 0 Å². The zero-order chi connectivity index (χ0) is 28.6. The number of allylic oxidation sites excluding steroid dienone is 1. The fourth-order valence-electron chi connectivity index (χ4n) is 5.28. The van der Waals surface area contributed by atoms with Crippen molar-refractivity contribution in [3.63, 3.8) is 0 Å². The molecule has 39 heavy (non-hydrogen) atoms. The highest BCUT2D eigenvalue weighted by atomic mass is 19.4. The first-order valence-corrected chi connectivity index (χ1v) is 12.6. The predicted octanol–water partition coefficient (Wildman–Crippen LogP) is 4.91. The first-order chi connectivity index (χ1) is 18.3. The summed E-state index contributed by atoms with van der Waals surface area (Å²) in [7, 11) is 1.50. The van der Waals surface area contributed by atoms with Gasteiger partial charge in [-0.25, -0.2) is 4.39 Å². The third-order valence-corrected chi connectivity index (χ3v) is 7.21. The highest BCUT2D eigenvalue weighted by molar-refractivity contribution is 6.13. The van der Waals surface area contributed by atoms with Crippen LogP contribution in [0.3, 0.4) is 0 Å². The third kappa shape index (κ3) is 5.55. The molecule has 1 heterocycles. The van der Waals surface area contributed by atoms with Crippen LogP contribution < -0.4 is 10.1 Å². The van der Waals surface area contributed by atoms with E-state index < -0.39 is 46.1 Å². The number of ether oxygens (including phenoxy) is 1. The third-order valence-electron chi connectivity index (χ3n) is 7.21. The zero-order valence-electron chi connectivity index (χ0n) is 22.0. The molecule has 0 spiro atoms. The summed E-state index contributed by atoms with van der Waals surface area (Å²) in [6.45, 7) is 3.34. The number of benzene rings is 2. The minimum Gasteiger partial charge on any atom is -0.497 e. The number of alkyl halides is 3. The van der Waals surface area contributed by atoms with Crippen LogP contribution in [0, 0.1) is 11.2 Å². The molecule has 0 bridgehead atoms. The van der Waals surface area contributed by atoms with Gasteiger partial charge in [-0.3, -0.25) is 14.4 Å². The first-order valence-electron chi connectivity index (χ1n) is 12.6.